The summed E-state index contributed by atoms with van der Waals surface area (Å²) in [6.07, 6.45) is -0.585. The second-order valence-electron chi connectivity index (χ2n) is 6.08. The number of carbonyl (C=O) groups excluding carboxylic acids is 1. The van der Waals surface area contributed by atoms with E-state index in [9.17, 15) is 4.79 Å². The van der Waals surface area contributed by atoms with Gasteiger partial charge in [-0.05, 0) is 65.2 Å². The Bertz CT molecular complexity index is 793. The van der Waals surface area contributed by atoms with E-state index in [0.29, 0.717) is 18.0 Å². The van der Waals surface area contributed by atoms with Gasteiger partial charge in [0.25, 0.3) is 5.91 Å². The minimum absolute atomic E-state index is 0.0925. The molecule has 6 heteroatoms. The number of benzene rings is 2. The van der Waals surface area contributed by atoms with Gasteiger partial charge in [-0.2, -0.15) is 0 Å². The van der Waals surface area contributed by atoms with Gasteiger partial charge in [-0.1, -0.05) is 12.1 Å². The molecule has 0 N–H and O–H groups in total. The SMILES string of the molecule is Cc1ccc(OC(C)C(=O)N(C)Cc2ccc3c(c2)OCO3)c(Br)c1. The molecule has 0 radical (unpaired) electrons. The highest BCUT2D eigenvalue weighted by Gasteiger charge is 2.21. The molecule has 1 unspecified atom stereocenters. The summed E-state index contributed by atoms with van der Waals surface area (Å²) in [6, 6.07) is 11.5. The highest BCUT2D eigenvalue weighted by molar-refractivity contribution is 9.10. The van der Waals surface area contributed by atoms with Gasteiger partial charge in [0.15, 0.2) is 17.6 Å². The van der Waals surface area contributed by atoms with Gasteiger partial charge in [-0.3, -0.25) is 4.79 Å². The van der Waals surface area contributed by atoms with Gasteiger partial charge in [0, 0.05) is 13.6 Å². The Morgan fingerprint density at radius 1 is 1.24 bits per heavy atom. The van der Waals surface area contributed by atoms with Gasteiger partial charge in [0.05, 0.1) is 4.47 Å². The van der Waals surface area contributed by atoms with Crippen molar-refractivity contribution in [1.82, 2.24) is 4.90 Å². The molecule has 1 aliphatic rings. The number of rotatable bonds is 5. The third kappa shape index (κ3) is 4.07. The van der Waals surface area contributed by atoms with Crippen LogP contribution in [0.5, 0.6) is 17.2 Å². The second kappa shape index (κ2) is 7.35. The molecule has 0 bridgehead atoms. The van der Waals surface area contributed by atoms with Gasteiger partial charge in [0.1, 0.15) is 5.75 Å². The molecule has 0 spiro atoms. The average molecular weight is 406 g/mol. The van der Waals surface area contributed by atoms with Gasteiger partial charge >= 0.3 is 0 Å². The third-order valence-electron chi connectivity index (χ3n) is 3.97. The predicted molar refractivity (Wildman–Crippen MR) is 98.0 cm³/mol. The Kier molecular flexibility index (Phi) is 5.18. The van der Waals surface area contributed by atoms with Crippen molar-refractivity contribution in [1.29, 1.82) is 0 Å². The molecule has 5 nitrogen and oxygen atoms in total. The van der Waals surface area contributed by atoms with Crippen LogP contribution < -0.4 is 14.2 Å². The van der Waals surface area contributed by atoms with Crippen molar-refractivity contribution < 1.29 is 19.0 Å². The molecule has 0 aliphatic carbocycles. The quantitative estimate of drug-likeness (QED) is 0.756. The molecule has 132 valence electrons. The fraction of sp³-hybridized carbons (Fsp3) is 0.316. The summed E-state index contributed by atoms with van der Waals surface area (Å²) in [4.78, 5) is 14.2. The summed E-state index contributed by atoms with van der Waals surface area (Å²) >= 11 is 3.47. The van der Waals surface area contributed by atoms with Crippen molar-refractivity contribution in [2.75, 3.05) is 13.8 Å². The number of fused-ring (bicyclic) bond motifs is 1. The molecule has 0 aromatic heterocycles. The largest absolute Gasteiger partial charge is 0.480 e. The number of ether oxygens (including phenoxy) is 3. The normalized spacial score (nSPS) is 13.4. The van der Waals surface area contributed by atoms with Crippen LogP contribution in [0.4, 0.5) is 0 Å². The van der Waals surface area contributed by atoms with Crippen LogP contribution in [0.25, 0.3) is 0 Å². The minimum Gasteiger partial charge on any atom is -0.480 e. The number of aryl methyl sites for hydroxylation is 1. The molecule has 25 heavy (non-hydrogen) atoms. The molecular weight excluding hydrogens is 386 g/mol. The zero-order valence-electron chi connectivity index (χ0n) is 14.4. The van der Waals surface area contributed by atoms with E-state index in [1.54, 1.807) is 18.9 Å². The van der Waals surface area contributed by atoms with Crippen LogP contribution in [-0.4, -0.2) is 30.8 Å². The lowest BCUT2D eigenvalue weighted by molar-refractivity contribution is -0.137. The van der Waals surface area contributed by atoms with E-state index in [1.807, 2.05) is 43.3 Å². The van der Waals surface area contributed by atoms with E-state index < -0.39 is 6.10 Å². The Morgan fingerprint density at radius 3 is 2.76 bits per heavy atom. The fourth-order valence-corrected chi connectivity index (χ4v) is 3.23. The molecule has 1 heterocycles. The van der Waals surface area contributed by atoms with Crippen LogP contribution in [0.2, 0.25) is 0 Å². The van der Waals surface area contributed by atoms with Crippen LogP contribution in [0, 0.1) is 6.92 Å². The molecule has 1 amide bonds. The van der Waals surface area contributed by atoms with Gasteiger partial charge < -0.3 is 19.1 Å². The third-order valence-corrected chi connectivity index (χ3v) is 4.59. The van der Waals surface area contributed by atoms with Gasteiger partial charge in [0.2, 0.25) is 6.79 Å². The Balaban J connectivity index is 1.63. The van der Waals surface area contributed by atoms with Crippen molar-refractivity contribution in [3.8, 4) is 17.2 Å². The van der Waals surface area contributed by atoms with Crippen molar-refractivity contribution >= 4 is 21.8 Å². The first kappa shape index (κ1) is 17.6. The maximum Gasteiger partial charge on any atom is 0.263 e. The number of hydrogen-bond donors (Lipinski definition) is 0. The highest BCUT2D eigenvalue weighted by atomic mass is 79.9. The highest BCUT2D eigenvalue weighted by Crippen LogP contribution is 2.33. The number of likely N-dealkylation sites (N-methyl/N-ethyl adjacent to an activating group) is 1. The molecule has 2 aromatic rings. The predicted octanol–water partition coefficient (Wildman–Crippen LogP) is 3.91. The van der Waals surface area contributed by atoms with Crippen LogP contribution in [0.1, 0.15) is 18.1 Å². The molecule has 0 saturated carbocycles. The van der Waals surface area contributed by atoms with Crippen LogP contribution in [0.15, 0.2) is 40.9 Å². The first-order valence-electron chi connectivity index (χ1n) is 8.00. The second-order valence-corrected chi connectivity index (χ2v) is 6.93. The maximum atomic E-state index is 12.6. The summed E-state index contributed by atoms with van der Waals surface area (Å²) in [5, 5.41) is 0. The summed E-state index contributed by atoms with van der Waals surface area (Å²) in [7, 11) is 1.76. The minimum atomic E-state index is -0.585. The fourth-order valence-electron chi connectivity index (χ4n) is 2.64. The van der Waals surface area contributed by atoms with Crippen LogP contribution in [-0.2, 0) is 11.3 Å². The van der Waals surface area contributed by atoms with Gasteiger partial charge in [-0.15, -0.1) is 0 Å². The van der Waals surface area contributed by atoms with Crippen molar-refractivity contribution in [2.24, 2.45) is 0 Å². The lowest BCUT2D eigenvalue weighted by atomic mass is 10.2. The number of amides is 1. The first-order chi connectivity index (χ1) is 11.9. The van der Waals surface area contributed by atoms with E-state index in [4.69, 9.17) is 14.2 Å². The Labute approximate surface area is 155 Å². The van der Waals surface area contributed by atoms with E-state index in [-0.39, 0.29) is 12.7 Å². The number of nitrogens with zero attached hydrogens (tertiary/aromatic N) is 1. The molecule has 3 rings (SSSR count). The topological polar surface area (TPSA) is 48.0 Å². The zero-order valence-corrected chi connectivity index (χ0v) is 16.0. The molecule has 0 fully saturated rings. The summed E-state index contributed by atoms with van der Waals surface area (Å²) < 4.78 is 17.3. The van der Waals surface area contributed by atoms with Crippen molar-refractivity contribution in [2.45, 2.75) is 26.5 Å². The monoisotopic (exact) mass is 405 g/mol. The van der Waals surface area contributed by atoms with E-state index in [0.717, 1.165) is 21.3 Å². The number of halogens is 1. The van der Waals surface area contributed by atoms with Gasteiger partial charge in [-0.25, -0.2) is 0 Å². The molecule has 2 aromatic carbocycles. The molecule has 1 atom stereocenters. The number of carbonyl (C=O) groups is 1. The lowest BCUT2D eigenvalue weighted by Crippen LogP contribution is -2.37. The maximum absolute atomic E-state index is 12.6. The van der Waals surface area contributed by atoms with E-state index in [2.05, 4.69) is 15.9 Å². The van der Waals surface area contributed by atoms with Crippen molar-refractivity contribution in [3.63, 3.8) is 0 Å². The molecule has 1 aliphatic heterocycles. The smallest absolute Gasteiger partial charge is 0.263 e. The zero-order chi connectivity index (χ0) is 18.0. The Morgan fingerprint density at radius 2 is 2.00 bits per heavy atom. The molecule has 0 saturated heterocycles. The summed E-state index contributed by atoms with van der Waals surface area (Å²) in [6.45, 7) is 4.47. The summed E-state index contributed by atoms with van der Waals surface area (Å²) in [5.41, 5.74) is 2.10. The summed E-state index contributed by atoms with van der Waals surface area (Å²) in [5.74, 6) is 2.01. The van der Waals surface area contributed by atoms with Crippen LogP contribution >= 0.6 is 15.9 Å². The van der Waals surface area contributed by atoms with E-state index in [1.165, 1.54) is 0 Å². The van der Waals surface area contributed by atoms with Crippen molar-refractivity contribution in [3.05, 3.63) is 52.0 Å². The first-order valence-corrected chi connectivity index (χ1v) is 8.79. The standard InChI is InChI=1S/C19H20BrNO4/c1-12-4-6-16(15(20)8-12)25-13(2)19(22)21(3)10-14-5-7-17-18(9-14)24-11-23-17/h4-9,13H,10-11H2,1-3H3. The Hall–Kier alpha value is -2.21. The average Bonchev–Trinajstić information content (AvgIpc) is 3.04. The molecular formula is C19H20BrNO4. The van der Waals surface area contributed by atoms with Crippen LogP contribution in [0.3, 0.4) is 0 Å². The lowest BCUT2D eigenvalue weighted by Gasteiger charge is -2.23. The number of hydrogen-bond acceptors (Lipinski definition) is 4. The van der Waals surface area contributed by atoms with E-state index >= 15 is 0 Å².